The van der Waals surface area contributed by atoms with Crippen LogP contribution < -0.4 is 4.74 Å². The third kappa shape index (κ3) is 4.69. The predicted octanol–water partition coefficient (Wildman–Crippen LogP) is 6.21. The van der Waals surface area contributed by atoms with Gasteiger partial charge < -0.3 is 9.47 Å². The second kappa shape index (κ2) is 8.55. The molecule has 0 aliphatic carbocycles. The lowest BCUT2D eigenvalue weighted by Gasteiger charge is -2.45. The van der Waals surface area contributed by atoms with Crippen molar-refractivity contribution >= 4 is 11.7 Å². The third-order valence-corrected chi connectivity index (χ3v) is 5.71. The average molecular weight is 406 g/mol. The molecule has 2 bridgehead atoms. The molecule has 4 rings (SSSR count). The summed E-state index contributed by atoms with van der Waals surface area (Å²) in [6.07, 6.45) is 6.03. The number of carbonyl (C=O) groups is 1. The first-order valence-electron chi connectivity index (χ1n) is 10.9. The van der Waals surface area contributed by atoms with Crippen LogP contribution in [0.15, 0.2) is 60.7 Å². The second-order valence-corrected chi connectivity index (χ2v) is 9.21. The van der Waals surface area contributed by atoms with Crippen LogP contribution in [0.4, 0.5) is 4.79 Å². The largest absolute Gasteiger partial charge is 0.488 e. The number of carbonyl (C=O) groups excluding carboxylic acids is 1. The lowest BCUT2D eigenvalue weighted by molar-refractivity contribution is 0.0000794. The highest BCUT2D eigenvalue weighted by atomic mass is 16.6. The molecule has 1 saturated heterocycles. The fourth-order valence-electron chi connectivity index (χ4n) is 4.42. The number of fused-ring (bicyclic) bond motifs is 2. The van der Waals surface area contributed by atoms with Gasteiger partial charge in [-0.1, -0.05) is 54.6 Å². The molecule has 0 saturated carbocycles. The fraction of sp³-hybridized carbons (Fsp3) is 0.423. The van der Waals surface area contributed by atoms with Gasteiger partial charge in [-0.2, -0.15) is 0 Å². The first-order valence-corrected chi connectivity index (χ1v) is 10.9. The summed E-state index contributed by atoms with van der Waals surface area (Å²) < 4.78 is 11.9. The number of nitrogens with zero attached hydrogens (tertiary/aromatic N) is 1. The van der Waals surface area contributed by atoms with Crippen LogP contribution in [-0.2, 0) is 11.3 Å². The number of hydrogen-bond donors (Lipinski definition) is 0. The fourth-order valence-corrected chi connectivity index (χ4v) is 4.42. The molecule has 4 heteroatoms. The van der Waals surface area contributed by atoms with Crippen LogP contribution in [0.2, 0.25) is 0 Å². The normalized spacial score (nSPS) is 21.0. The maximum atomic E-state index is 12.8. The quantitative estimate of drug-likeness (QED) is 0.607. The summed E-state index contributed by atoms with van der Waals surface area (Å²) in [6, 6.07) is 18.7. The molecule has 1 fully saturated rings. The molecule has 0 aromatic heterocycles. The maximum Gasteiger partial charge on any atom is 0.411 e. The summed E-state index contributed by atoms with van der Waals surface area (Å²) in [6.45, 7) is 6.31. The number of amides is 1. The van der Waals surface area contributed by atoms with Crippen LogP contribution in [-0.4, -0.2) is 28.7 Å². The van der Waals surface area contributed by atoms with Gasteiger partial charge in [0.25, 0.3) is 0 Å². The summed E-state index contributed by atoms with van der Waals surface area (Å²) in [5.41, 5.74) is 3.08. The molecule has 0 N–H and O–H groups in total. The summed E-state index contributed by atoms with van der Waals surface area (Å²) in [4.78, 5) is 14.8. The van der Waals surface area contributed by atoms with Gasteiger partial charge in [0.2, 0.25) is 0 Å². The highest BCUT2D eigenvalue weighted by Crippen LogP contribution is 2.40. The van der Waals surface area contributed by atoms with E-state index in [1.807, 2.05) is 56.0 Å². The van der Waals surface area contributed by atoms with Crippen LogP contribution >= 0.6 is 0 Å². The molecule has 2 aliphatic rings. The summed E-state index contributed by atoms with van der Waals surface area (Å²) in [7, 11) is 0. The Morgan fingerprint density at radius 3 is 2.50 bits per heavy atom. The molecule has 2 unspecified atom stereocenters. The molecule has 0 spiro atoms. The average Bonchev–Trinajstić information content (AvgIpc) is 2.71. The minimum Gasteiger partial charge on any atom is -0.488 e. The summed E-state index contributed by atoms with van der Waals surface area (Å²) >= 11 is 0. The van der Waals surface area contributed by atoms with E-state index >= 15 is 0 Å². The van der Waals surface area contributed by atoms with Crippen LogP contribution in [0.1, 0.15) is 57.6 Å². The Morgan fingerprint density at radius 2 is 1.77 bits per heavy atom. The van der Waals surface area contributed by atoms with Crippen LogP contribution in [0.5, 0.6) is 5.75 Å². The van der Waals surface area contributed by atoms with Crippen LogP contribution in [0, 0.1) is 0 Å². The van der Waals surface area contributed by atoms with E-state index in [-0.39, 0.29) is 18.2 Å². The van der Waals surface area contributed by atoms with E-state index in [9.17, 15) is 4.79 Å². The molecule has 2 aliphatic heterocycles. The van der Waals surface area contributed by atoms with E-state index in [0.29, 0.717) is 6.61 Å². The van der Waals surface area contributed by atoms with Crippen LogP contribution in [0.3, 0.4) is 0 Å². The predicted molar refractivity (Wildman–Crippen MR) is 119 cm³/mol. The number of para-hydroxylation sites is 1. The molecule has 4 nitrogen and oxygen atoms in total. The van der Waals surface area contributed by atoms with Crippen molar-refractivity contribution < 1.29 is 14.3 Å². The number of hydrogen-bond acceptors (Lipinski definition) is 3. The standard InChI is InChI=1S/C26H31NO3/c1-26(2,3)30-25(28)27-21-12-9-13-22(27)17-20(16-21)23-14-7-8-15-24(23)29-18-19-10-5-4-6-11-19/h4-8,10-11,14-16,21-22H,9,12-13,17-18H2,1-3H3. The summed E-state index contributed by atoms with van der Waals surface area (Å²) in [5.74, 6) is 0.899. The second-order valence-electron chi connectivity index (χ2n) is 9.21. The van der Waals surface area contributed by atoms with Crippen molar-refractivity contribution in [3.05, 3.63) is 71.8 Å². The Labute approximate surface area is 179 Å². The molecule has 1 amide bonds. The van der Waals surface area contributed by atoms with Crippen molar-refractivity contribution in [1.82, 2.24) is 4.90 Å². The van der Waals surface area contributed by atoms with Crippen LogP contribution in [0.25, 0.3) is 5.57 Å². The van der Waals surface area contributed by atoms with E-state index < -0.39 is 5.60 Å². The van der Waals surface area contributed by atoms with Gasteiger partial charge in [-0.15, -0.1) is 0 Å². The highest BCUT2D eigenvalue weighted by molar-refractivity contribution is 5.76. The highest BCUT2D eigenvalue weighted by Gasteiger charge is 2.39. The molecule has 2 atom stereocenters. The molecule has 158 valence electrons. The maximum absolute atomic E-state index is 12.8. The first kappa shape index (κ1) is 20.5. The van der Waals surface area contributed by atoms with E-state index in [0.717, 1.165) is 42.6 Å². The van der Waals surface area contributed by atoms with Crippen molar-refractivity contribution in [1.29, 1.82) is 0 Å². The molecular formula is C26H31NO3. The Balaban J connectivity index is 1.56. The molecule has 2 aromatic rings. The molecule has 0 radical (unpaired) electrons. The molecular weight excluding hydrogens is 374 g/mol. The monoisotopic (exact) mass is 405 g/mol. The van der Waals surface area contributed by atoms with Gasteiger partial charge >= 0.3 is 6.09 Å². The van der Waals surface area contributed by atoms with Crippen molar-refractivity contribution in [2.24, 2.45) is 0 Å². The third-order valence-electron chi connectivity index (χ3n) is 5.71. The van der Waals surface area contributed by atoms with Crippen molar-refractivity contribution in [3.63, 3.8) is 0 Å². The van der Waals surface area contributed by atoms with Gasteiger partial charge in [-0.3, -0.25) is 4.90 Å². The Bertz CT molecular complexity index is 913. The van der Waals surface area contributed by atoms with Gasteiger partial charge in [0.15, 0.2) is 0 Å². The zero-order chi connectivity index (χ0) is 21.1. The van der Waals surface area contributed by atoms with E-state index in [1.165, 1.54) is 5.57 Å². The minimum atomic E-state index is -0.479. The SMILES string of the molecule is CC(C)(C)OC(=O)N1C2C=C(c3ccccc3OCc3ccccc3)CC1CCC2. The lowest BCUT2D eigenvalue weighted by Crippen LogP contribution is -2.53. The Kier molecular flexibility index (Phi) is 5.85. The van der Waals surface area contributed by atoms with Gasteiger partial charge in [0.05, 0.1) is 6.04 Å². The molecule has 2 aromatic carbocycles. The minimum absolute atomic E-state index is 0.0875. The molecule has 30 heavy (non-hydrogen) atoms. The topological polar surface area (TPSA) is 38.8 Å². The number of rotatable bonds is 4. The number of ether oxygens (including phenoxy) is 2. The van der Waals surface area contributed by atoms with Crippen molar-refractivity contribution in [3.8, 4) is 5.75 Å². The van der Waals surface area contributed by atoms with E-state index in [2.05, 4.69) is 30.3 Å². The van der Waals surface area contributed by atoms with Gasteiger partial charge in [0, 0.05) is 11.6 Å². The van der Waals surface area contributed by atoms with Crippen molar-refractivity contribution in [2.45, 2.75) is 70.7 Å². The lowest BCUT2D eigenvalue weighted by atomic mass is 9.83. The van der Waals surface area contributed by atoms with Gasteiger partial charge in [-0.05, 0) is 63.7 Å². The van der Waals surface area contributed by atoms with Gasteiger partial charge in [-0.25, -0.2) is 4.79 Å². The summed E-state index contributed by atoms with van der Waals surface area (Å²) in [5, 5.41) is 0. The smallest absolute Gasteiger partial charge is 0.411 e. The van der Waals surface area contributed by atoms with E-state index in [4.69, 9.17) is 9.47 Å². The van der Waals surface area contributed by atoms with E-state index in [1.54, 1.807) is 0 Å². The number of benzene rings is 2. The van der Waals surface area contributed by atoms with Gasteiger partial charge in [0.1, 0.15) is 18.0 Å². The zero-order valence-electron chi connectivity index (χ0n) is 18.1. The molecule has 2 heterocycles. The van der Waals surface area contributed by atoms with Crippen molar-refractivity contribution in [2.75, 3.05) is 0 Å². The zero-order valence-corrected chi connectivity index (χ0v) is 18.1. The Morgan fingerprint density at radius 1 is 1.03 bits per heavy atom. The first-order chi connectivity index (χ1) is 14.4. The number of piperidine rings is 1. The Hall–Kier alpha value is -2.75.